The molecule has 0 radical (unpaired) electrons. The molecule has 1 aliphatic rings. The maximum atomic E-state index is 12.3. The van der Waals surface area contributed by atoms with Crippen molar-refractivity contribution in [3.8, 4) is 0 Å². The predicted molar refractivity (Wildman–Crippen MR) is 85.7 cm³/mol. The third kappa shape index (κ3) is 3.35. The van der Waals surface area contributed by atoms with E-state index in [2.05, 4.69) is 10.3 Å². The van der Waals surface area contributed by atoms with Gasteiger partial charge in [0.05, 0.1) is 10.5 Å². The fraction of sp³-hybridized carbons (Fsp3) is 0.412. The van der Waals surface area contributed by atoms with Crippen LogP contribution in [-0.2, 0) is 0 Å². The third-order valence-corrected chi connectivity index (χ3v) is 4.49. The summed E-state index contributed by atoms with van der Waals surface area (Å²) in [4.78, 5) is 16.7. The van der Waals surface area contributed by atoms with Crippen LogP contribution in [0.4, 0.5) is 0 Å². The number of carbonyl (C=O) groups is 1. The van der Waals surface area contributed by atoms with Gasteiger partial charge in [-0.3, -0.25) is 4.79 Å². The van der Waals surface area contributed by atoms with Gasteiger partial charge in [0.2, 0.25) is 0 Å². The van der Waals surface area contributed by atoms with E-state index in [0.29, 0.717) is 16.6 Å². The summed E-state index contributed by atoms with van der Waals surface area (Å²) in [5, 5.41) is 4.45. The molecule has 0 saturated heterocycles. The number of halogens is 1. The summed E-state index contributed by atoms with van der Waals surface area (Å²) in [6, 6.07) is 9.25. The summed E-state index contributed by atoms with van der Waals surface area (Å²) < 4.78 is 0. The molecule has 1 fully saturated rings. The number of benzene rings is 1. The SMILES string of the molecule is O=C(NCC1CCCCC1)c1cc(Cl)c2ccccc2n1. The zero-order valence-electron chi connectivity index (χ0n) is 11.9. The van der Waals surface area contributed by atoms with Crippen molar-refractivity contribution in [2.45, 2.75) is 32.1 Å². The van der Waals surface area contributed by atoms with Crippen LogP contribution in [0, 0.1) is 5.92 Å². The van der Waals surface area contributed by atoms with Crippen molar-refractivity contribution in [3.05, 3.63) is 41.0 Å². The largest absolute Gasteiger partial charge is 0.350 e. The fourth-order valence-corrected chi connectivity index (χ4v) is 3.23. The highest BCUT2D eigenvalue weighted by Crippen LogP contribution is 2.24. The minimum absolute atomic E-state index is 0.131. The van der Waals surface area contributed by atoms with Gasteiger partial charge in [0.15, 0.2) is 0 Å². The van der Waals surface area contributed by atoms with Gasteiger partial charge in [-0.2, -0.15) is 0 Å². The van der Waals surface area contributed by atoms with Crippen LogP contribution >= 0.6 is 11.6 Å². The van der Waals surface area contributed by atoms with Crippen molar-refractivity contribution < 1.29 is 4.79 Å². The van der Waals surface area contributed by atoms with E-state index < -0.39 is 0 Å². The Morgan fingerprint density at radius 3 is 2.81 bits per heavy atom. The molecule has 1 saturated carbocycles. The Kier molecular flexibility index (Phi) is 4.39. The average Bonchev–Trinajstić information content (AvgIpc) is 2.53. The molecule has 0 atom stereocenters. The molecule has 0 aliphatic heterocycles. The van der Waals surface area contributed by atoms with Crippen molar-refractivity contribution >= 4 is 28.4 Å². The Morgan fingerprint density at radius 2 is 2.00 bits per heavy atom. The summed E-state index contributed by atoms with van der Waals surface area (Å²) in [5.74, 6) is 0.479. The van der Waals surface area contributed by atoms with Crippen LogP contribution < -0.4 is 5.32 Å². The van der Waals surface area contributed by atoms with Crippen LogP contribution in [0.3, 0.4) is 0 Å². The quantitative estimate of drug-likeness (QED) is 0.923. The van der Waals surface area contributed by atoms with Crippen LogP contribution in [-0.4, -0.2) is 17.4 Å². The van der Waals surface area contributed by atoms with E-state index in [1.54, 1.807) is 6.07 Å². The van der Waals surface area contributed by atoms with E-state index in [-0.39, 0.29) is 5.91 Å². The molecule has 21 heavy (non-hydrogen) atoms. The molecule has 0 spiro atoms. The number of hydrogen-bond acceptors (Lipinski definition) is 2. The smallest absolute Gasteiger partial charge is 0.269 e. The van der Waals surface area contributed by atoms with E-state index in [1.165, 1.54) is 32.1 Å². The van der Waals surface area contributed by atoms with Gasteiger partial charge in [-0.25, -0.2) is 4.98 Å². The van der Waals surface area contributed by atoms with Gasteiger partial charge in [0, 0.05) is 11.9 Å². The molecule has 2 aromatic rings. The number of fused-ring (bicyclic) bond motifs is 1. The number of pyridine rings is 1. The maximum absolute atomic E-state index is 12.3. The molecule has 1 amide bonds. The van der Waals surface area contributed by atoms with Crippen molar-refractivity contribution in [1.29, 1.82) is 0 Å². The van der Waals surface area contributed by atoms with Gasteiger partial charge < -0.3 is 5.32 Å². The molecule has 1 aliphatic carbocycles. The average molecular weight is 303 g/mol. The van der Waals surface area contributed by atoms with Crippen LogP contribution in [0.25, 0.3) is 10.9 Å². The van der Waals surface area contributed by atoms with Crippen LogP contribution in [0.1, 0.15) is 42.6 Å². The fourth-order valence-electron chi connectivity index (χ4n) is 2.97. The lowest BCUT2D eigenvalue weighted by molar-refractivity contribution is 0.0939. The van der Waals surface area contributed by atoms with Crippen LogP contribution in [0.2, 0.25) is 5.02 Å². The second-order valence-corrected chi connectivity index (χ2v) is 6.13. The molecule has 3 nitrogen and oxygen atoms in total. The molecule has 1 aromatic carbocycles. The minimum atomic E-state index is -0.131. The Labute approximate surface area is 129 Å². The van der Waals surface area contributed by atoms with Gasteiger partial charge >= 0.3 is 0 Å². The third-order valence-electron chi connectivity index (χ3n) is 4.17. The standard InChI is InChI=1S/C17H19ClN2O/c18-14-10-16(20-15-9-5-4-8-13(14)15)17(21)19-11-12-6-2-1-3-7-12/h4-5,8-10,12H,1-3,6-7,11H2,(H,19,21). The molecule has 1 N–H and O–H groups in total. The maximum Gasteiger partial charge on any atom is 0.269 e. The first-order valence-corrected chi connectivity index (χ1v) is 7.95. The number of hydrogen-bond donors (Lipinski definition) is 1. The van der Waals surface area contributed by atoms with Gasteiger partial charge in [-0.15, -0.1) is 0 Å². The summed E-state index contributed by atoms with van der Waals surface area (Å²) in [5.41, 5.74) is 1.15. The van der Waals surface area contributed by atoms with Crippen molar-refractivity contribution in [1.82, 2.24) is 10.3 Å². The lowest BCUT2D eigenvalue weighted by Crippen LogP contribution is -2.30. The highest BCUT2D eigenvalue weighted by atomic mass is 35.5. The molecule has 0 unspecified atom stereocenters. The summed E-state index contributed by atoms with van der Waals surface area (Å²) in [6.45, 7) is 0.741. The molecule has 1 aromatic heterocycles. The molecule has 3 rings (SSSR count). The van der Waals surface area contributed by atoms with E-state index in [9.17, 15) is 4.79 Å². The van der Waals surface area contributed by atoms with Gasteiger partial charge in [0.1, 0.15) is 5.69 Å². The number of nitrogens with one attached hydrogen (secondary N) is 1. The van der Waals surface area contributed by atoms with Crippen molar-refractivity contribution in [2.75, 3.05) is 6.54 Å². The van der Waals surface area contributed by atoms with Crippen LogP contribution in [0.5, 0.6) is 0 Å². The van der Waals surface area contributed by atoms with E-state index in [0.717, 1.165) is 17.4 Å². The normalized spacial score (nSPS) is 16.0. The summed E-state index contributed by atoms with van der Waals surface area (Å²) in [7, 11) is 0. The van der Waals surface area contributed by atoms with E-state index in [4.69, 9.17) is 11.6 Å². The zero-order valence-corrected chi connectivity index (χ0v) is 12.7. The molecular weight excluding hydrogens is 284 g/mol. The number of carbonyl (C=O) groups excluding carboxylic acids is 1. The predicted octanol–water partition coefficient (Wildman–Crippen LogP) is 4.20. The molecule has 4 heteroatoms. The Balaban J connectivity index is 1.72. The first-order valence-electron chi connectivity index (χ1n) is 7.57. The number of aromatic nitrogens is 1. The first kappa shape index (κ1) is 14.3. The van der Waals surface area contributed by atoms with Crippen molar-refractivity contribution in [2.24, 2.45) is 5.92 Å². The lowest BCUT2D eigenvalue weighted by atomic mass is 9.89. The van der Waals surface area contributed by atoms with E-state index in [1.807, 2.05) is 24.3 Å². The Morgan fingerprint density at radius 1 is 1.24 bits per heavy atom. The number of nitrogens with zero attached hydrogens (tertiary/aromatic N) is 1. The Hall–Kier alpha value is -1.61. The molecule has 0 bridgehead atoms. The Bertz CT molecular complexity index is 650. The van der Waals surface area contributed by atoms with Crippen molar-refractivity contribution in [3.63, 3.8) is 0 Å². The number of amides is 1. The highest BCUT2D eigenvalue weighted by molar-refractivity contribution is 6.35. The van der Waals surface area contributed by atoms with Crippen LogP contribution in [0.15, 0.2) is 30.3 Å². The summed E-state index contributed by atoms with van der Waals surface area (Å²) >= 11 is 6.24. The highest BCUT2D eigenvalue weighted by Gasteiger charge is 2.16. The number of para-hydroxylation sites is 1. The second kappa shape index (κ2) is 6.44. The minimum Gasteiger partial charge on any atom is -0.350 e. The monoisotopic (exact) mass is 302 g/mol. The van der Waals surface area contributed by atoms with Gasteiger partial charge in [-0.1, -0.05) is 49.1 Å². The zero-order chi connectivity index (χ0) is 14.7. The lowest BCUT2D eigenvalue weighted by Gasteiger charge is -2.21. The van der Waals surface area contributed by atoms with E-state index >= 15 is 0 Å². The first-order chi connectivity index (χ1) is 10.2. The van der Waals surface area contributed by atoms with Gasteiger partial charge in [-0.05, 0) is 30.9 Å². The number of rotatable bonds is 3. The molecular formula is C17H19ClN2O. The van der Waals surface area contributed by atoms with Gasteiger partial charge in [0.25, 0.3) is 5.91 Å². The second-order valence-electron chi connectivity index (χ2n) is 5.72. The molecule has 1 heterocycles. The summed E-state index contributed by atoms with van der Waals surface area (Å²) in [6.07, 6.45) is 6.31. The topological polar surface area (TPSA) is 42.0 Å². The molecule has 110 valence electrons.